The van der Waals surface area contributed by atoms with Gasteiger partial charge in [0.2, 0.25) is 0 Å². The quantitative estimate of drug-likeness (QED) is 0.852. The van der Waals surface area contributed by atoms with Crippen molar-refractivity contribution in [2.75, 3.05) is 4.90 Å². The standard InChI is InChI=1S/C12H13BrN2OS/c1-7(2)10-11(16)15(12(17)14-10)9-5-3-8(13)4-6-9/h3-7,10H,1-2H3,(H,14,17)/t10-/m0/s1. The number of carbonyl (C=O) groups is 1. The molecular weight excluding hydrogens is 300 g/mol. The zero-order chi connectivity index (χ0) is 12.6. The molecule has 1 atom stereocenters. The highest BCUT2D eigenvalue weighted by Crippen LogP contribution is 2.24. The predicted molar refractivity (Wildman–Crippen MR) is 76.0 cm³/mol. The average molecular weight is 313 g/mol. The summed E-state index contributed by atoms with van der Waals surface area (Å²) in [6.45, 7) is 4.01. The Morgan fingerprint density at radius 1 is 1.35 bits per heavy atom. The molecule has 0 radical (unpaired) electrons. The molecule has 1 aliphatic rings. The molecule has 1 aromatic rings. The van der Waals surface area contributed by atoms with Crippen LogP contribution in [-0.4, -0.2) is 17.1 Å². The van der Waals surface area contributed by atoms with Gasteiger partial charge in [0.25, 0.3) is 5.91 Å². The maximum atomic E-state index is 12.2. The van der Waals surface area contributed by atoms with Gasteiger partial charge < -0.3 is 5.32 Å². The molecule has 1 N–H and O–H groups in total. The second-order valence-corrected chi connectivity index (χ2v) is 5.62. The molecule has 0 saturated carbocycles. The first-order valence-corrected chi connectivity index (χ1v) is 6.61. The SMILES string of the molecule is CC(C)[C@@H]1NC(=S)N(c2ccc(Br)cc2)C1=O. The Hall–Kier alpha value is -0.940. The van der Waals surface area contributed by atoms with Crippen molar-refractivity contribution in [3.8, 4) is 0 Å². The van der Waals surface area contributed by atoms with Crippen molar-refractivity contribution < 1.29 is 4.79 Å². The number of hydrogen-bond acceptors (Lipinski definition) is 2. The van der Waals surface area contributed by atoms with Crippen molar-refractivity contribution in [2.24, 2.45) is 5.92 Å². The fourth-order valence-corrected chi connectivity index (χ4v) is 2.37. The summed E-state index contributed by atoms with van der Waals surface area (Å²) in [4.78, 5) is 13.8. The van der Waals surface area contributed by atoms with Gasteiger partial charge in [-0.2, -0.15) is 0 Å². The van der Waals surface area contributed by atoms with Gasteiger partial charge in [-0.15, -0.1) is 0 Å². The van der Waals surface area contributed by atoms with Gasteiger partial charge in [-0.1, -0.05) is 29.8 Å². The summed E-state index contributed by atoms with van der Waals surface area (Å²) in [5.74, 6) is 0.244. The Morgan fingerprint density at radius 2 is 1.94 bits per heavy atom. The predicted octanol–water partition coefficient (Wildman–Crippen LogP) is 2.69. The molecular formula is C12H13BrN2OS. The molecule has 0 bridgehead atoms. The van der Waals surface area contributed by atoms with Crippen LogP contribution in [0.3, 0.4) is 0 Å². The molecule has 1 heterocycles. The summed E-state index contributed by atoms with van der Waals surface area (Å²) in [7, 11) is 0. The van der Waals surface area contributed by atoms with Crippen molar-refractivity contribution in [3.05, 3.63) is 28.7 Å². The molecule has 0 spiro atoms. The third kappa shape index (κ3) is 2.35. The summed E-state index contributed by atoms with van der Waals surface area (Å²) >= 11 is 8.58. The van der Waals surface area contributed by atoms with Gasteiger partial charge in [0, 0.05) is 4.47 Å². The van der Waals surface area contributed by atoms with Crippen LogP contribution in [0.2, 0.25) is 0 Å². The lowest BCUT2D eigenvalue weighted by atomic mass is 10.1. The van der Waals surface area contributed by atoms with Crippen LogP contribution in [0.15, 0.2) is 28.7 Å². The molecule has 1 aliphatic heterocycles. The Labute approximate surface area is 114 Å². The normalized spacial score (nSPS) is 20.0. The van der Waals surface area contributed by atoms with E-state index in [2.05, 4.69) is 21.2 Å². The molecule has 0 unspecified atom stereocenters. The highest BCUT2D eigenvalue weighted by molar-refractivity contribution is 9.10. The third-order valence-electron chi connectivity index (χ3n) is 2.72. The van der Waals surface area contributed by atoms with Crippen LogP contribution in [-0.2, 0) is 4.79 Å². The van der Waals surface area contributed by atoms with Gasteiger partial charge in [-0.3, -0.25) is 9.69 Å². The van der Waals surface area contributed by atoms with Gasteiger partial charge in [-0.05, 0) is 42.4 Å². The van der Waals surface area contributed by atoms with Gasteiger partial charge in [0.05, 0.1) is 5.69 Å². The summed E-state index contributed by atoms with van der Waals surface area (Å²) in [5, 5.41) is 3.54. The highest BCUT2D eigenvalue weighted by atomic mass is 79.9. The van der Waals surface area contributed by atoms with E-state index in [1.165, 1.54) is 0 Å². The van der Waals surface area contributed by atoms with Crippen LogP contribution in [0.4, 0.5) is 5.69 Å². The van der Waals surface area contributed by atoms with Gasteiger partial charge in [0.15, 0.2) is 5.11 Å². The summed E-state index contributed by atoms with van der Waals surface area (Å²) in [5.41, 5.74) is 0.804. The fourth-order valence-electron chi connectivity index (χ4n) is 1.78. The number of amides is 1. The van der Waals surface area contributed by atoms with E-state index < -0.39 is 0 Å². The molecule has 1 aromatic carbocycles. The largest absolute Gasteiger partial charge is 0.350 e. The van der Waals surface area contributed by atoms with E-state index in [1.807, 2.05) is 38.1 Å². The van der Waals surface area contributed by atoms with E-state index >= 15 is 0 Å². The highest BCUT2D eigenvalue weighted by Gasteiger charge is 2.37. The van der Waals surface area contributed by atoms with E-state index in [4.69, 9.17) is 12.2 Å². The van der Waals surface area contributed by atoms with Crippen LogP contribution in [0, 0.1) is 5.92 Å². The van der Waals surface area contributed by atoms with Crippen molar-refractivity contribution in [1.29, 1.82) is 0 Å². The number of carbonyl (C=O) groups excluding carboxylic acids is 1. The lowest BCUT2D eigenvalue weighted by molar-refractivity contribution is -0.119. The van der Waals surface area contributed by atoms with Gasteiger partial charge in [-0.25, -0.2) is 0 Å². The van der Waals surface area contributed by atoms with Crippen molar-refractivity contribution in [2.45, 2.75) is 19.9 Å². The zero-order valence-electron chi connectivity index (χ0n) is 9.61. The first-order valence-electron chi connectivity index (χ1n) is 5.40. The van der Waals surface area contributed by atoms with Crippen LogP contribution in [0.25, 0.3) is 0 Å². The fraction of sp³-hybridized carbons (Fsp3) is 0.333. The number of rotatable bonds is 2. The summed E-state index contributed by atoms with van der Waals surface area (Å²) in [6.07, 6.45) is 0. The number of benzene rings is 1. The second kappa shape index (κ2) is 4.74. The van der Waals surface area contributed by atoms with E-state index in [9.17, 15) is 4.79 Å². The number of hydrogen-bond donors (Lipinski definition) is 1. The van der Waals surface area contributed by atoms with Crippen LogP contribution in [0.5, 0.6) is 0 Å². The number of thiocarbonyl (C=S) groups is 1. The maximum Gasteiger partial charge on any atom is 0.256 e. The Balaban J connectivity index is 2.30. The molecule has 3 nitrogen and oxygen atoms in total. The molecule has 1 fully saturated rings. The molecule has 5 heteroatoms. The summed E-state index contributed by atoms with van der Waals surface area (Å²) in [6, 6.07) is 7.32. The Morgan fingerprint density at radius 3 is 2.41 bits per heavy atom. The third-order valence-corrected chi connectivity index (χ3v) is 3.55. The lowest BCUT2D eigenvalue weighted by Crippen LogP contribution is -2.34. The average Bonchev–Trinajstić information content (AvgIpc) is 2.56. The molecule has 0 aromatic heterocycles. The van der Waals surface area contributed by atoms with Crippen molar-refractivity contribution in [1.82, 2.24) is 5.32 Å². The van der Waals surface area contributed by atoms with Crippen LogP contribution < -0.4 is 10.2 Å². The lowest BCUT2D eigenvalue weighted by Gasteiger charge is -2.15. The van der Waals surface area contributed by atoms with Crippen molar-refractivity contribution in [3.63, 3.8) is 0 Å². The molecule has 90 valence electrons. The Kier molecular flexibility index (Phi) is 3.49. The summed E-state index contributed by atoms with van der Waals surface area (Å²) < 4.78 is 0.979. The van der Waals surface area contributed by atoms with Crippen LogP contribution in [0.1, 0.15) is 13.8 Å². The first kappa shape index (κ1) is 12.5. The molecule has 0 aliphatic carbocycles. The second-order valence-electron chi connectivity index (χ2n) is 4.32. The number of nitrogens with one attached hydrogen (secondary N) is 1. The van der Waals surface area contributed by atoms with Crippen LogP contribution >= 0.6 is 28.1 Å². The topological polar surface area (TPSA) is 32.3 Å². The van der Waals surface area contributed by atoms with Crippen molar-refractivity contribution >= 4 is 44.9 Å². The van der Waals surface area contributed by atoms with Gasteiger partial charge in [0.1, 0.15) is 6.04 Å². The van der Waals surface area contributed by atoms with E-state index in [0.29, 0.717) is 5.11 Å². The first-order chi connectivity index (χ1) is 8.00. The van der Waals surface area contributed by atoms with E-state index in [0.717, 1.165) is 10.2 Å². The van der Waals surface area contributed by atoms with E-state index in [1.54, 1.807) is 4.90 Å². The number of nitrogens with zero attached hydrogens (tertiary/aromatic N) is 1. The minimum absolute atomic E-state index is 0.0207. The molecule has 17 heavy (non-hydrogen) atoms. The number of anilines is 1. The molecule has 2 rings (SSSR count). The van der Waals surface area contributed by atoms with E-state index in [-0.39, 0.29) is 17.9 Å². The molecule has 1 saturated heterocycles. The smallest absolute Gasteiger partial charge is 0.256 e. The maximum absolute atomic E-state index is 12.2. The minimum Gasteiger partial charge on any atom is -0.350 e. The molecule has 1 amide bonds. The number of halogens is 1. The minimum atomic E-state index is -0.217. The monoisotopic (exact) mass is 312 g/mol. The zero-order valence-corrected chi connectivity index (χ0v) is 12.0. The van der Waals surface area contributed by atoms with Gasteiger partial charge >= 0.3 is 0 Å². The Bertz CT molecular complexity index is 458.